The molecule has 1 aromatic heterocycles. The maximum atomic E-state index is 13.4. The molecule has 1 aliphatic carbocycles. The third-order valence-corrected chi connectivity index (χ3v) is 8.01. The van der Waals surface area contributed by atoms with Gasteiger partial charge in [-0.3, -0.25) is 4.79 Å². The third-order valence-electron chi connectivity index (χ3n) is 7.75. The number of carbonyl (C=O) groups is 2. The molecule has 1 amide bonds. The summed E-state index contributed by atoms with van der Waals surface area (Å²) < 4.78 is 6.21. The lowest BCUT2D eigenvalue weighted by atomic mass is 9.87. The Balaban J connectivity index is 1.45. The molecule has 7 heteroatoms. The lowest BCUT2D eigenvalue weighted by Crippen LogP contribution is -2.34. The Morgan fingerprint density at radius 3 is 2.27 bits per heavy atom. The summed E-state index contributed by atoms with van der Waals surface area (Å²) in [6.45, 7) is 6.54. The summed E-state index contributed by atoms with van der Waals surface area (Å²) in [5.41, 5.74) is 2.74. The minimum absolute atomic E-state index is 0.0611. The molecule has 0 bridgehead atoms. The highest BCUT2D eigenvalue weighted by molar-refractivity contribution is 6.30. The number of ether oxygens (including phenoxy) is 1. The topological polar surface area (TPSA) is 88.5 Å². The van der Waals surface area contributed by atoms with Gasteiger partial charge in [-0.05, 0) is 76.7 Å². The van der Waals surface area contributed by atoms with E-state index in [-0.39, 0.29) is 11.1 Å². The summed E-state index contributed by atoms with van der Waals surface area (Å²) in [5, 5.41) is 14.8. The highest BCUT2D eigenvalue weighted by Gasteiger charge is 2.25. The average molecular weight is 571 g/mol. The number of hydrogen-bond donors (Lipinski definition) is 2. The van der Waals surface area contributed by atoms with Crippen LogP contribution in [0.2, 0.25) is 5.02 Å². The van der Waals surface area contributed by atoms with Crippen LogP contribution in [-0.4, -0.2) is 22.0 Å². The van der Waals surface area contributed by atoms with Gasteiger partial charge in [0.15, 0.2) is 6.04 Å². The number of carboxylic acids is 1. The predicted molar refractivity (Wildman–Crippen MR) is 162 cm³/mol. The van der Waals surface area contributed by atoms with Crippen LogP contribution in [0, 0.1) is 5.92 Å². The van der Waals surface area contributed by atoms with Crippen LogP contribution in [0.5, 0.6) is 11.5 Å². The fraction of sp³-hybridized carbons (Fsp3) is 0.324. The summed E-state index contributed by atoms with van der Waals surface area (Å²) in [6, 6.07) is 20.8. The van der Waals surface area contributed by atoms with Gasteiger partial charge in [-0.1, -0.05) is 88.4 Å². The fourth-order valence-corrected chi connectivity index (χ4v) is 5.55. The van der Waals surface area contributed by atoms with E-state index in [1.165, 1.54) is 18.4 Å². The quantitative estimate of drug-likeness (QED) is 0.222. The number of aromatic nitrogens is 1. The van der Waals surface area contributed by atoms with Crippen LogP contribution in [0.4, 0.5) is 0 Å². The van der Waals surface area contributed by atoms with E-state index in [2.05, 4.69) is 38.2 Å². The lowest BCUT2D eigenvalue weighted by Gasteiger charge is -2.19. The van der Waals surface area contributed by atoms with Crippen molar-refractivity contribution in [2.75, 3.05) is 0 Å². The number of nitrogens with one attached hydrogen (secondary N) is 1. The maximum absolute atomic E-state index is 13.4. The van der Waals surface area contributed by atoms with Gasteiger partial charge in [0.25, 0.3) is 5.91 Å². The number of halogens is 1. The number of carboxylic acid groups (broad SMARTS) is 1. The van der Waals surface area contributed by atoms with Crippen molar-refractivity contribution in [3.63, 3.8) is 0 Å². The summed E-state index contributed by atoms with van der Waals surface area (Å²) >= 11 is 5.97. The summed E-state index contributed by atoms with van der Waals surface area (Å²) in [7, 11) is 0. The van der Waals surface area contributed by atoms with Crippen molar-refractivity contribution < 1.29 is 19.4 Å². The number of fused-ring (bicyclic) bond motifs is 1. The van der Waals surface area contributed by atoms with E-state index < -0.39 is 17.9 Å². The highest BCUT2D eigenvalue weighted by atomic mass is 35.5. The van der Waals surface area contributed by atoms with Gasteiger partial charge in [0.2, 0.25) is 0 Å². The normalized spacial score (nSPS) is 14.6. The number of benzene rings is 3. The zero-order valence-corrected chi connectivity index (χ0v) is 24.4. The molecule has 1 fully saturated rings. The molecule has 2 N–H and O–H groups in total. The Morgan fingerprint density at radius 1 is 0.976 bits per heavy atom. The first-order valence-electron chi connectivity index (χ1n) is 14.1. The van der Waals surface area contributed by atoms with E-state index in [0.717, 1.165) is 41.5 Å². The first kappa shape index (κ1) is 28.6. The lowest BCUT2D eigenvalue weighted by molar-refractivity contribution is -0.139. The van der Waals surface area contributed by atoms with Gasteiger partial charge >= 0.3 is 5.97 Å². The summed E-state index contributed by atoms with van der Waals surface area (Å²) in [4.78, 5) is 30.2. The van der Waals surface area contributed by atoms with Crippen LogP contribution in [0.1, 0.15) is 79.8 Å². The number of carbonyl (C=O) groups excluding carboxylic acids is 1. The van der Waals surface area contributed by atoms with Crippen LogP contribution >= 0.6 is 11.6 Å². The number of aliphatic carboxylic acids is 1. The summed E-state index contributed by atoms with van der Waals surface area (Å²) in [6.07, 6.45) is 5.41. The predicted octanol–water partition coefficient (Wildman–Crippen LogP) is 8.27. The van der Waals surface area contributed by atoms with Crippen LogP contribution in [-0.2, 0) is 16.6 Å². The average Bonchev–Trinajstić information content (AvgIpc) is 3.45. The molecule has 0 unspecified atom stereocenters. The molecule has 6 nitrogen and oxygen atoms in total. The number of amides is 1. The van der Waals surface area contributed by atoms with Gasteiger partial charge in [-0.2, -0.15) is 0 Å². The molecular formula is C34H35ClN2O4. The van der Waals surface area contributed by atoms with Crippen molar-refractivity contribution >= 4 is 34.2 Å². The molecule has 41 heavy (non-hydrogen) atoms. The van der Waals surface area contributed by atoms with Crippen molar-refractivity contribution in [1.82, 2.24) is 10.3 Å². The highest BCUT2D eigenvalue weighted by Crippen LogP contribution is 2.33. The van der Waals surface area contributed by atoms with E-state index >= 15 is 0 Å². The largest absolute Gasteiger partial charge is 0.479 e. The van der Waals surface area contributed by atoms with Gasteiger partial charge in [0.1, 0.15) is 17.2 Å². The second-order valence-corrected chi connectivity index (χ2v) is 12.3. The molecule has 0 spiro atoms. The number of pyridine rings is 1. The SMILES string of the molecule is CC(C)(C)c1ccc(Oc2ccc3cc(C(=O)N[C@H](C(=O)O)c4ccc(Cl)cc4)nc(CC4CCCC4)c3c2)cc1. The van der Waals surface area contributed by atoms with Crippen LogP contribution < -0.4 is 10.1 Å². The van der Waals surface area contributed by atoms with Crippen molar-refractivity contribution in [2.24, 2.45) is 5.92 Å². The molecule has 5 rings (SSSR count). The molecule has 4 aromatic rings. The fourth-order valence-electron chi connectivity index (χ4n) is 5.43. The number of rotatable bonds is 8. The molecule has 0 aliphatic heterocycles. The smallest absolute Gasteiger partial charge is 0.330 e. The van der Waals surface area contributed by atoms with Gasteiger partial charge in [0, 0.05) is 16.1 Å². The summed E-state index contributed by atoms with van der Waals surface area (Å²) in [5.74, 6) is 0.243. The van der Waals surface area contributed by atoms with E-state index in [9.17, 15) is 14.7 Å². The molecule has 3 aromatic carbocycles. The molecular weight excluding hydrogens is 536 g/mol. The van der Waals surface area contributed by atoms with Gasteiger partial charge in [-0.15, -0.1) is 0 Å². The molecule has 212 valence electrons. The van der Waals surface area contributed by atoms with Crippen LogP contribution in [0.15, 0.2) is 72.8 Å². The van der Waals surface area contributed by atoms with E-state index in [0.29, 0.717) is 22.3 Å². The second kappa shape index (κ2) is 11.9. The van der Waals surface area contributed by atoms with Crippen LogP contribution in [0.3, 0.4) is 0 Å². The Bertz CT molecular complexity index is 1550. The third kappa shape index (κ3) is 6.88. The van der Waals surface area contributed by atoms with Crippen molar-refractivity contribution in [3.05, 3.63) is 100 Å². The zero-order chi connectivity index (χ0) is 29.1. The monoisotopic (exact) mass is 570 g/mol. The molecule has 1 heterocycles. The zero-order valence-electron chi connectivity index (χ0n) is 23.6. The van der Waals surface area contributed by atoms with Crippen molar-refractivity contribution in [1.29, 1.82) is 0 Å². The number of hydrogen-bond acceptors (Lipinski definition) is 4. The Kier molecular flexibility index (Phi) is 8.32. The first-order valence-corrected chi connectivity index (χ1v) is 14.5. The maximum Gasteiger partial charge on any atom is 0.330 e. The standard InChI is InChI=1S/C34H35ClN2O4/c1-34(2,3)24-11-16-26(17-12-24)41-27-15-10-23-19-30(36-29(28(23)20-27)18-21-6-4-5-7-21)32(38)37-31(33(39)40)22-8-13-25(35)14-9-22/h8-17,19-21,31H,4-7,18H2,1-3H3,(H,37,38)(H,39,40)/t31-/m0/s1. The van der Waals surface area contributed by atoms with Gasteiger partial charge < -0.3 is 15.2 Å². The van der Waals surface area contributed by atoms with E-state index in [1.807, 2.05) is 30.3 Å². The van der Waals surface area contributed by atoms with Crippen molar-refractivity contribution in [3.8, 4) is 11.5 Å². The molecule has 0 saturated heterocycles. The molecule has 1 aliphatic rings. The minimum atomic E-state index is -1.23. The van der Waals surface area contributed by atoms with Crippen molar-refractivity contribution in [2.45, 2.75) is 64.3 Å². The first-order chi connectivity index (χ1) is 19.6. The van der Waals surface area contributed by atoms with Crippen LogP contribution in [0.25, 0.3) is 10.8 Å². The molecule has 1 saturated carbocycles. The van der Waals surface area contributed by atoms with Gasteiger partial charge in [-0.25, -0.2) is 9.78 Å². The van der Waals surface area contributed by atoms with E-state index in [1.54, 1.807) is 30.3 Å². The second-order valence-electron chi connectivity index (χ2n) is 11.9. The molecule has 1 atom stereocenters. The number of nitrogens with zero attached hydrogens (tertiary/aromatic N) is 1. The molecule has 0 radical (unpaired) electrons. The Morgan fingerprint density at radius 2 is 1.63 bits per heavy atom. The Labute approximate surface area is 245 Å². The van der Waals surface area contributed by atoms with E-state index in [4.69, 9.17) is 21.3 Å². The van der Waals surface area contributed by atoms with Gasteiger partial charge in [0.05, 0.1) is 0 Å². The Hall–Kier alpha value is -3.90. The minimum Gasteiger partial charge on any atom is -0.479 e.